The Morgan fingerprint density at radius 1 is 1.21 bits per heavy atom. The van der Waals surface area contributed by atoms with Gasteiger partial charge in [0.2, 0.25) is 15.9 Å². The number of aromatic nitrogens is 1. The molecule has 1 saturated carbocycles. The molecule has 9 heteroatoms. The summed E-state index contributed by atoms with van der Waals surface area (Å²) in [6.07, 6.45) is 5.54. The number of nitrogens with zero attached hydrogens (tertiary/aromatic N) is 1. The van der Waals surface area contributed by atoms with E-state index >= 15 is 0 Å². The first-order valence-electron chi connectivity index (χ1n) is 10.3. The van der Waals surface area contributed by atoms with Crippen molar-refractivity contribution in [2.75, 3.05) is 13.1 Å². The molecule has 2 fully saturated rings. The van der Waals surface area contributed by atoms with Gasteiger partial charge in [-0.2, -0.15) is 4.31 Å². The quantitative estimate of drug-likeness (QED) is 0.786. The highest BCUT2D eigenvalue weighted by atomic mass is 32.2. The number of hydrogen-bond donors (Lipinski definition) is 2. The molecule has 1 saturated heterocycles. The molecule has 1 amide bonds. The number of rotatable bonds is 4. The van der Waals surface area contributed by atoms with E-state index in [4.69, 9.17) is 4.42 Å². The van der Waals surface area contributed by atoms with Crippen LogP contribution in [0, 0.1) is 11.8 Å². The number of oxazole rings is 1. The Morgan fingerprint density at radius 2 is 1.97 bits per heavy atom. The number of sulfonamides is 1. The van der Waals surface area contributed by atoms with Crippen LogP contribution in [0.4, 0.5) is 0 Å². The van der Waals surface area contributed by atoms with E-state index in [1.165, 1.54) is 22.5 Å². The Morgan fingerprint density at radius 3 is 2.72 bits per heavy atom. The van der Waals surface area contributed by atoms with Crippen molar-refractivity contribution in [3.63, 3.8) is 0 Å². The van der Waals surface area contributed by atoms with Crippen LogP contribution in [0.2, 0.25) is 0 Å². The molecule has 1 unspecified atom stereocenters. The Balaban J connectivity index is 1.46. The molecule has 2 heterocycles. The van der Waals surface area contributed by atoms with E-state index in [-0.39, 0.29) is 34.9 Å². The number of carbonyl (C=O) groups is 1. The summed E-state index contributed by atoms with van der Waals surface area (Å²) in [6.45, 7) is 2.78. The number of piperidine rings is 1. The summed E-state index contributed by atoms with van der Waals surface area (Å²) < 4.78 is 32.5. The van der Waals surface area contributed by atoms with Gasteiger partial charge in [-0.1, -0.05) is 6.92 Å². The van der Waals surface area contributed by atoms with Crippen molar-refractivity contribution in [1.29, 1.82) is 0 Å². The molecular weight excluding hydrogens is 394 g/mol. The highest BCUT2D eigenvalue weighted by Gasteiger charge is 2.34. The zero-order chi connectivity index (χ0) is 20.6. The molecule has 158 valence electrons. The molecule has 1 atom stereocenters. The van der Waals surface area contributed by atoms with Crippen molar-refractivity contribution < 1.29 is 17.6 Å². The van der Waals surface area contributed by atoms with Crippen LogP contribution in [0.1, 0.15) is 45.4 Å². The molecule has 29 heavy (non-hydrogen) atoms. The van der Waals surface area contributed by atoms with Crippen LogP contribution in [0.3, 0.4) is 0 Å². The van der Waals surface area contributed by atoms with Crippen LogP contribution in [0.5, 0.6) is 0 Å². The summed E-state index contributed by atoms with van der Waals surface area (Å²) in [5, 5.41) is 3.13. The monoisotopic (exact) mass is 421 g/mol. The summed E-state index contributed by atoms with van der Waals surface area (Å²) >= 11 is 0. The van der Waals surface area contributed by atoms with E-state index in [1.54, 1.807) is 0 Å². The van der Waals surface area contributed by atoms with Crippen molar-refractivity contribution in [3.05, 3.63) is 28.7 Å². The van der Waals surface area contributed by atoms with Crippen LogP contribution in [0.15, 0.2) is 32.3 Å². The van der Waals surface area contributed by atoms with Gasteiger partial charge < -0.3 is 9.73 Å². The predicted molar refractivity (Wildman–Crippen MR) is 108 cm³/mol. The summed E-state index contributed by atoms with van der Waals surface area (Å²) in [7, 11) is -3.77. The summed E-state index contributed by atoms with van der Waals surface area (Å²) in [6, 6.07) is 4.53. The fourth-order valence-electron chi connectivity index (χ4n) is 4.33. The summed E-state index contributed by atoms with van der Waals surface area (Å²) in [5.74, 6) is -0.301. The van der Waals surface area contributed by atoms with Crippen LogP contribution in [-0.4, -0.2) is 42.7 Å². The molecule has 8 nitrogen and oxygen atoms in total. The lowest BCUT2D eigenvalue weighted by molar-refractivity contribution is -0.127. The largest absolute Gasteiger partial charge is 0.417 e. The van der Waals surface area contributed by atoms with Gasteiger partial charge in [0.05, 0.1) is 16.3 Å². The van der Waals surface area contributed by atoms with E-state index < -0.39 is 15.8 Å². The number of benzene rings is 1. The normalized spacial score (nSPS) is 26.4. The fourth-order valence-corrected chi connectivity index (χ4v) is 5.87. The van der Waals surface area contributed by atoms with Gasteiger partial charge in [0.15, 0.2) is 5.58 Å². The Bertz CT molecular complexity index is 1050. The molecule has 2 N–H and O–H groups in total. The second-order valence-electron chi connectivity index (χ2n) is 8.34. The third-order valence-electron chi connectivity index (χ3n) is 6.15. The van der Waals surface area contributed by atoms with Crippen molar-refractivity contribution in [2.24, 2.45) is 11.8 Å². The van der Waals surface area contributed by atoms with E-state index in [1.807, 2.05) is 0 Å². The van der Waals surface area contributed by atoms with E-state index in [9.17, 15) is 18.0 Å². The molecule has 1 aromatic carbocycles. The maximum absolute atomic E-state index is 13.1. The van der Waals surface area contributed by atoms with E-state index in [0.717, 1.165) is 25.7 Å². The maximum Gasteiger partial charge on any atom is 0.417 e. The van der Waals surface area contributed by atoms with Gasteiger partial charge in [0.1, 0.15) is 0 Å². The van der Waals surface area contributed by atoms with E-state index in [0.29, 0.717) is 30.8 Å². The minimum absolute atomic E-state index is 0.0449. The first-order chi connectivity index (χ1) is 13.8. The minimum atomic E-state index is -3.77. The lowest BCUT2D eigenvalue weighted by atomic mass is 9.87. The minimum Gasteiger partial charge on any atom is -0.408 e. The van der Waals surface area contributed by atoms with Gasteiger partial charge in [-0.3, -0.25) is 9.78 Å². The summed E-state index contributed by atoms with van der Waals surface area (Å²) in [5.41, 5.74) is 0.653. The number of H-pyrrole nitrogens is 1. The molecule has 2 aromatic rings. The molecule has 0 radical (unpaired) electrons. The lowest BCUT2D eigenvalue weighted by Gasteiger charge is -2.33. The molecule has 2 aliphatic rings. The van der Waals surface area contributed by atoms with Crippen molar-refractivity contribution in [2.45, 2.75) is 56.4 Å². The second-order valence-corrected chi connectivity index (χ2v) is 10.3. The average molecular weight is 422 g/mol. The zero-order valence-electron chi connectivity index (χ0n) is 16.5. The van der Waals surface area contributed by atoms with Gasteiger partial charge in [-0.05, 0) is 56.6 Å². The van der Waals surface area contributed by atoms with Crippen molar-refractivity contribution >= 4 is 27.0 Å². The number of fused-ring (bicyclic) bond motifs is 1. The molecule has 0 bridgehead atoms. The maximum atomic E-state index is 13.1. The summed E-state index contributed by atoms with van der Waals surface area (Å²) in [4.78, 5) is 26.6. The lowest BCUT2D eigenvalue weighted by Crippen LogP contribution is -2.48. The van der Waals surface area contributed by atoms with Crippen molar-refractivity contribution in [1.82, 2.24) is 14.6 Å². The second kappa shape index (κ2) is 7.95. The Hall–Kier alpha value is -2.13. The Kier molecular flexibility index (Phi) is 5.52. The predicted octanol–water partition coefficient (Wildman–Crippen LogP) is 2.22. The third kappa shape index (κ3) is 4.25. The van der Waals surface area contributed by atoms with Gasteiger partial charge in [-0.15, -0.1) is 0 Å². The van der Waals surface area contributed by atoms with Crippen LogP contribution in [0.25, 0.3) is 11.1 Å². The molecule has 1 aliphatic heterocycles. The molecule has 4 rings (SSSR count). The smallest absolute Gasteiger partial charge is 0.408 e. The fraction of sp³-hybridized carbons (Fsp3) is 0.600. The first-order valence-corrected chi connectivity index (χ1v) is 11.7. The number of hydrogen-bond acceptors (Lipinski definition) is 5. The molecule has 0 spiro atoms. The number of carbonyl (C=O) groups excluding carboxylic acids is 1. The number of aromatic amines is 1. The number of nitrogens with one attached hydrogen (secondary N) is 2. The van der Waals surface area contributed by atoms with Crippen LogP contribution in [-0.2, 0) is 14.8 Å². The topological polar surface area (TPSA) is 112 Å². The first kappa shape index (κ1) is 20.2. The third-order valence-corrected chi connectivity index (χ3v) is 8.01. The average Bonchev–Trinajstić information content (AvgIpc) is 3.09. The highest BCUT2D eigenvalue weighted by Crippen LogP contribution is 2.27. The molecule has 1 aliphatic carbocycles. The van der Waals surface area contributed by atoms with Gasteiger partial charge in [0, 0.05) is 25.2 Å². The molecule has 1 aromatic heterocycles. The van der Waals surface area contributed by atoms with Crippen LogP contribution < -0.4 is 11.1 Å². The Labute approximate surface area is 169 Å². The SMILES string of the molecule is CC1CCC(NC(=O)C2CCCN(S(=O)(=O)c3ccc4[nH]c(=O)oc4c3)C2)CC1. The van der Waals surface area contributed by atoms with Crippen LogP contribution >= 0.6 is 0 Å². The van der Waals surface area contributed by atoms with Gasteiger partial charge in [0.25, 0.3) is 0 Å². The van der Waals surface area contributed by atoms with E-state index in [2.05, 4.69) is 17.2 Å². The number of amides is 1. The van der Waals surface area contributed by atoms with Crippen molar-refractivity contribution in [3.8, 4) is 0 Å². The van der Waals surface area contributed by atoms with Gasteiger partial charge in [-0.25, -0.2) is 13.2 Å². The standard InChI is InChI=1S/C20H27N3O5S/c1-13-4-6-15(7-5-13)21-19(24)14-3-2-10-23(12-14)29(26,27)16-8-9-17-18(11-16)28-20(25)22-17/h8-9,11,13-15H,2-7,10,12H2,1H3,(H,21,24)(H,22,25). The molecular formula is C20H27N3O5S. The van der Waals surface area contributed by atoms with Gasteiger partial charge >= 0.3 is 5.76 Å². The highest BCUT2D eigenvalue weighted by molar-refractivity contribution is 7.89. The zero-order valence-corrected chi connectivity index (χ0v) is 17.3.